The smallest absolute Gasteiger partial charge is 0.243 e. The molecule has 6 nitrogen and oxygen atoms in total. The van der Waals surface area contributed by atoms with E-state index in [1.165, 1.54) is 10.6 Å². The molecule has 1 fully saturated rings. The van der Waals surface area contributed by atoms with Crippen LogP contribution in [0.15, 0.2) is 0 Å². The number of hydrogen-bond acceptors (Lipinski definition) is 4. The van der Waals surface area contributed by atoms with Gasteiger partial charge in [0.25, 0.3) is 0 Å². The van der Waals surface area contributed by atoms with Crippen LogP contribution < -0.4 is 0 Å². The van der Waals surface area contributed by atoms with E-state index < -0.39 is 15.4 Å². The zero-order valence-corrected chi connectivity index (χ0v) is 13.9. The van der Waals surface area contributed by atoms with E-state index in [1.54, 1.807) is 4.90 Å². The van der Waals surface area contributed by atoms with Gasteiger partial charge in [-0.05, 0) is 12.8 Å². The van der Waals surface area contributed by atoms with Crippen LogP contribution in [0, 0.1) is 16.7 Å². The molecule has 0 saturated carbocycles. The van der Waals surface area contributed by atoms with E-state index in [9.17, 15) is 18.5 Å². The van der Waals surface area contributed by atoms with Gasteiger partial charge in [-0.1, -0.05) is 26.7 Å². The van der Waals surface area contributed by atoms with Crippen molar-refractivity contribution in [2.75, 3.05) is 32.4 Å². The number of carbonyl (C=O) groups excluding carboxylic acids is 1. The summed E-state index contributed by atoms with van der Waals surface area (Å²) < 4.78 is 24.4. The van der Waals surface area contributed by atoms with E-state index >= 15 is 0 Å². The molecular weight excluding hydrogens is 290 g/mol. The third-order valence-electron chi connectivity index (χ3n) is 3.97. The summed E-state index contributed by atoms with van der Waals surface area (Å²) in [5, 5.41) is 9.52. The molecule has 1 saturated heterocycles. The molecule has 1 heterocycles. The monoisotopic (exact) mass is 315 g/mol. The van der Waals surface area contributed by atoms with Gasteiger partial charge < -0.3 is 4.90 Å². The minimum Gasteiger partial charge on any atom is -0.339 e. The summed E-state index contributed by atoms with van der Waals surface area (Å²) >= 11 is 0. The molecule has 0 aromatic rings. The van der Waals surface area contributed by atoms with Crippen LogP contribution in [-0.4, -0.2) is 56.0 Å². The molecule has 0 N–H and O–H groups in total. The topological polar surface area (TPSA) is 81.5 Å². The summed E-state index contributed by atoms with van der Waals surface area (Å²) in [6, 6.07) is 2.23. The van der Waals surface area contributed by atoms with Gasteiger partial charge >= 0.3 is 0 Å². The standard InChI is InChI=1S/C14H25N3O3S/c1-4-6-14(12-15,7-5-2)13(18)16-8-10-17(11-9-16)21(3,19)20/h4-11H2,1-3H3. The third kappa shape index (κ3) is 4.17. The predicted octanol–water partition coefficient (Wildman–Crippen LogP) is 1.20. The zero-order valence-electron chi connectivity index (χ0n) is 13.1. The molecule has 120 valence electrons. The zero-order chi connectivity index (χ0) is 16.1. The SMILES string of the molecule is CCCC(C#N)(CCC)C(=O)N1CCN(S(C)(=O)=O)CC1. The fourth-order valence-electron chi connectivity index (χ4n) is 2.88. The Kier molecular flexibility index (Phi) is 6.17. The molecular formula is C14H25N3O3S. The second-order valence-electron chi connectivity index (χ2n) is 5.65. The third-order valence-corrected chi connectivity index (χ3v) is 5.28. The molecule has 0 spiro atoms. The largest absolute Gasteiger partial charge is 0.339 e. The number of amides is 1. The van der Waals surface area contributed by atoms with E-state index in [-0.39, 0.29) is 5.91 Å². The van der Waals surface area contributed by atoms with Crippen LogP contribution >= 0.6 is 0 Å². The Morgan fingerprint density at radius 3 is 1.95 bits per heavy atom. The van der Waals surface area contributed by atoms with Gasteiger partial charge in [0, 0.05) is 26.2 Å². The summed E-state index contributed by atoms with van der Waals surface area (Å²) in [6.07, 6.45) is 3.86. The molecule has 1 amide bonds. The first-order valence-electron chi connectivity index (χ1n) is 7.46. The number of nitrogens with zero attached hydrogens (tertiary/aromatic N) is 3. The lowest BCUT2D eigenvalue weighted by Crippen LogP contribution is -2.54. The first-order valence-corrected chi connectivity index (χ1v) is 9.31. The minimum atomic E-state index is -3.21. The van der Waals surface area contributed by atoms with Crippen LogP contribution in [0.25, 0.3) is 0 Å². The molecule has 21 heavy (non-hydrogen) atoms. The maximum atomic E-state index is 12.7. The highest BCUT2D eigenvalue weighted by Crippen LogP contribution is 2.32. The van der Waals surface area contributed by atoms with Crippen molar-refractivity contribution >= 4 is 15.9 Å². The fraction of sp³-hybridized carbons (Fsp3) is 0.857. The van der Waals surface area contributed by atoms with E-state index in [4.69, 9.17) is 0 Å². The highest BCUT2D eigenvalue weighted by Gasteiger charge is 2.41. The Hall–Kier alpha value is -1.13. The van der Waals surface area contributed by atoms with E-state index in [1.807, 2.05) is 13.8 Å². The van der Waals surface area contributed by atoms with Gasteiger partial charge in [0.2, 0.25) is 15.9 Å². The van der Waals surface area contributed by atoms with Crippen molar-refractivity contribution in [3.8, 4) is 6.07 Å². The average Bonchev–Trinajstić information content (AvgIpc) is 2.45. The van der Waals surface area contributed by atoms with Gasteiger partial charge in [0.1, 0.15) is 5.41 Å². The van der Waals surface area contributed by atoms with Crippen LogP contribution in [-0.2, 0) is 14.8 Å². The molecule has 7 heteroatoms. The second kappa shape index (κ2) is 7.23. The van der Waals surface area contributed by atoms with Crippen molar-refractivity contribution < 1.29 is 13.2 Å². The van der Waals surface area contributed by atoms with E-state index in [2.05, 4.69) is 6.07 Å². The molecule has 0 aliphatic carbocycles. The normalized spacial score (nSPS) is 17.5. The number of carbonyl (C=O) groups is 1. The quantitative estimate of drug-likeness (QED) is 0.737. The molecule has 0 aromatic heterocycles. The molecule has 1 aliphatic rings. The number of rotatable bonds is 6. The van der Waals surface area contributed by atoms with E-state index in [0.717, 1.165) is 12.8 Å². The van der Waals surface area contributed by atoms with Crippen molar-refractivity contribution in [3.63, 3.8) is 0 Å². The van der Waals surface area contributed by atoms with Crippen molar-refractivity contribution in [2.24, 2.45) is 5.41 Å². The average molecular weight is 315 g/mol. The Morgan fingerprint density at radius 1 is 1.14 bits per heavy atom. The number of hydrogen-bond donors (Lipinski definition) is 0. The van der Waals surface area contributed by atoms with Crippen molar-refractivity contribution in [1.29, 1.82) is 5.26 Å². The fourth-order valence-corrected chi connectivity index (χ4v) is 3.70. The van der Waals surface area contributed by atoms with Gasteiger partial charge in [-0.15, -0.1) is 0 Å². The van der Waals surface area contributed by atoms with Crippen molar-refractivity contribution in [2.45, 2.75) is 39.5 Å². The Labute approximate surface area is 127 Å². The Bertz CT molecular complexity index is 496. The summed E-state index contributed by atoms with van der Waals surface area (Å²) in [6.45, 7) is 5.29. The molecule has 1 aliphatic heterocycles. The molecule has 0 radical (unpaired) electrons. The van der Waals surface area contributed by atoms with Crippen LogP contribution in [0.2, 0.25) is 0 Å². The Balaban J connectivity index is 2.81. The Morgan fingerprint density at radius 2 is 1.62 bits per heavy atom. The summed E-state index contributed by atoms with van der Waals surface area (Å²) in [7, 11) is -3.21. The lowest BCUT2D eigenvalue weighted by Gasteiger charge is -2.37. The van der Waals surface area contributed by atoms with Gasteiger partial charge in [0.15, 0.2) is 0 Å². The summed E-state index contributed by atoms with van der Waals surface area (Å²) in [5.74, 6) is -0.137. The molecule has 0 aromatic carbocycles. The lowest BCUT2D eigenvalue weighted by atomic mass is 9.79. The number of piperazine rings is 1. The van der Waals surface area contributed by atoms with Crippen molar-refractivity contribution in [1.82, 2.24) is 9.21 Å². The van der Waals surface area contributed by atoms with Gasteiger partial charge in [-0.2, -0.15) is 9.57 Å². The summed E-state index contributed by atoms with van der Waals surface area (Å²) in [5.41, 5.74) is -0.948. The first kappa shape index (κ1) is 17.9. The molecule has 0 bridgehead atoms. The van der Waals surface area contributed by atoms with Crippen molar-refractivity contribution in [3.05, 3.63) is 0 Å². The number of sulfonamides is 1. The maximum absolute atomic E-state index is 12.7. The highest BCUT2D eigenvalue weighted by molar-refractivity contribution is 7.88. The second-order valence-corrected chi connectivity index (χ2v) is 7.63. The molecule has 0 atom stereocenters. The van der Waals surface area contributed by atoms with Crippen LogP contribution in [0.1, 0.15) is 39.5 Å². The van der Waals surface area contributed by atoms with Crippen LogP contribution in [0.4, 0.5) is 0 Å². The minimum absolute atomic E-state index is 0.137. The number of nitriles is 1. The molecule has 0 unspecified atom stereocenters. The maximum Gasteiger partial charge on any atom is 0.243 e. The van der Waals surface area contributed by atoms with Gasteiger partial charge in [-0.25, -0.2) is 8.42 Å². The predicted molar refractivity (Wildman–Crippen MR) is 80.9 cm³/mol. The lowest BCUT2D eigenvalue weighted by molar-refractivity contribution is -0.141. The first-order chi connectivity index (χ1) is 9.80. The summed E-state index contributed by atoms with van der Waals surface area (Å²) in [4.78, 5) is 14.4. The van der Waals surface area contributed by atoms with E-state index in [0.29, 0.717) is 39.0 Å². The molecule has 1 rings (SSSR count). The van der Waals surface area contributed by atoms with Crippen LogP contribution in [0.3, 0.4) is 0 Å². The van der Waals surface area contributed by atoms with Crippen LogP contribution in [0.5, 0.6) is 0 Å². The van der Waals surface area contributed by atoms with Gasteiger partial charge in [-0.3, -0.25) is 4.79 Å². The highest BCUT2D eigenvalue weighted by atomic mass is 32.2. The van der Waals surface area contributed by atoms with Gasteiger partial charge in [0.05, 0.1) is 12.3 Å².